The minimum Gasteiger partial charge on any atom is -0.507 e. The van der Waals surface area contributed by atoms with Crippen LogP contribution in [0.3, 0.4) is 0 Å². The van der Waals surface area contributed by atoms with Crippen molar-refractivity contribution >= 4 is 11.6 Å². The first-order valence-electron chi connectivity index (χ1n) is 13.4. The molecule has 216 valence electrons. The number of carbonyl (C=O) groups is 2. The highest BCUT2D eigenvalue weighted by Gasteiger charge is 2.51. The van der Waals surface area contributed by atoms with E-state index >= 15 is 0 Å². The van der Waals surface area contributed by atoms with Crippen molar-refractivity contribution in [2.45, 2.75) is 75.6 Å². The fourth-order valence-electron chi connectivity index (χ4n) is 6.65. The minimum atomic E-state index is -1.81. The van der Waals surface area contributed by atoms with Gasteiger partial charge in [0, 0.05) is 23.6 Å². The van der Waals surface area contributed by atoms with Crippen molar-refractivity contribution in [3.05, 3.63) is 45.5 Å². The van der Waals surface area contributed by atoms with Gasteiger partial charge in [0.1, 0.15) is 29.1 Å². The van der Waals surface area contributed by atoms with Crippen molar-refractivity contribution in [2.75, 3.05) is 14.1 Å². The number of ether oxygens (including phenoxy) is 1. The molecule has 0 bridgehead atoms. The van der Waals surface area contributed by atoms with Crippen LogP contribution in [0.2, 0.25) is 0 Å². The Labute approximate surface area is 230 Å². The Balaban J connectivity index is 1.69. The van der Waals surface area contributed by atoms with Gasteiger partial charge in [-0.05, 0) is 51.4 Å². The third-order valence-electron chi connectivity index (χ3n) is 8.99. The summed E-state index contributed by atoms with van der Waals surface area (Å²) in [6.07, 6.45) is -3.16. The maximum atomic E-state index is 13.6. The highest BCUT2D eigenvalue weighted by atomic mass is 16.5. The molecule has 0 amide bonds. The lowest BCUT2D eigenvalue weighted by atomic mass is 9.70. The average Bonchev–Trinajstić information content (AvgIpc) is 2.89. The van der Waals surface area contributed by atoms with E-state index in [1.54, 1.807) is 6.92 Å². The first-order chi connectivity index (χ1) is 18.7. The van der Waals surface area contributed by atoms with Crippen molar-refractivity contribution in [3.8, 4) is 23.0 Å². The molecule has 40 heavy (non-hydrogen) atoms. The monoisotopic (exact) mass is 557 g/mol. The van der Waals surface area contributed by atoms with E-state index in [2.05, 4.69) is 0 Å². The second kappa shape index (κ2) is 9.71. The molecular weight excluding hydrogens is 522 g/mol. The smallest absolute Gasteiger partial charge is 0.202 e. The summed E-state index contributed by atoms with van der Waals surface area (Å²) in [5, 5.41) is 77.0. The molecule has 3 aliphatic rings. The van der Waals surface area contributed by atoms with E-state index in [4.69, 9.17) is 4.74 Å². The van der Waals surface area contributed by atoms with Gasteiger partial charge in [0.15, 0.2) is 0 Å². The topological polar surface area (TPSA) is 188 Å². The van der Waals surface area contributed by atoms with Gasteiger partial charge in [-0.15, -0.1) is 0 Å². The normalized spacial score (nSPS) is 31.6. The SMILES string of the molecule is CC[C@@]1(O)C[C@H](OC2CC(C)C(O)C(N(C)C)C2)c2c(O)c3c(c(O)c2[C@H]1O)C(=O)c1c(O)ccc(O)c1C3=O. The van der Waals surface area contributed by atoms with Crippen molar-refractivity contribution < 1.29 is 50.1 Å². The van der Waals surface area contributed by atoms with Crippen molar-refractivity contribution in [3.63, 3.8) is 0 Å². The van der Waals surface area contributed by atoms with Crippen LogP contribution >= 0.6 is 0 Å². The van der Waals surface area contributed by atoms with Gasteiger partial charge in [0.25, 0.3) is 0 Å². The molecule has 2 aromatic carbocycles. The van der Waals surface area contributed by atoms with E-state index in [0.717, 1.165) is 12.1 Å². The van der Waals surface area contributed by atoms with Crippen LogP contribution in [0.25, 0.3) is 0 Å². The molecule has 1 fully saturated rings. The Bertz CT molecular complexity index is 1400. The largest absolute Gasteiger partial charge is 0.507 e. The van der Waals surface area contributed by atoms with Crippen LogP contribution in [-0.2, 0) is 4.74 Å². The zero-order valence-corrected chi connectivity index (χ0v) is 22.7. The zero-order chi connectivity index (χ0) is 29.4. The number of rotatable bonds is 4. The molecule has 0 saturated heterocycles. The van der Waals surface area contributed by atoms with E-state index in [1.807, 2.05) is 25.9 Å². The van der Waals surface area contributed by atoms with E-state index < -0.39 is 86.8 Å². The van der Waals surface area contributed by atoms with Gasteiger partial charge in [-0.3, -0.25) is 9.59 Å². The Hall–Kier alpha value is -3.22. The number of ketones is 2. The molecular formula is C29H35NO10. The number of likely N-dealkylation sites (N-methyl/N-ethyl adjacent to an activating group) is 1. The minimum absolute atomic E-state index is 0.0369. The molecule has 11 nitrogen and oxygen atoms in total. The summed E-state index contributed by atoms with van der Waals surface area (Å²) in [6, 6.07) is 1.83. The van der Waals surface area contributed by atoms with Crippen LogP contribution in [0.15, 0.2) is 12.1 Å². The fourth-order valence-corrected chi connectivity index (χ4v) is 6.65. The first kappa shape index (κ1) is 28.3. The number of aliphatic hydroxyl groups is 3. The molecule has 0 radical (unpaired) electrons. The average molecular weight is 558 g/mol. The highest BCUT2D eigenvalue weighted by molar-refractivity contribution is 6.32. The number of nitrogens with zero attached hydrogens (tertiary/aromatic N) is 1. The molecule has 4 unspecified atom stereocenters. The summed E-state index contributed by atoms with van der Waals surface area (Å²) in [5.41, 5.74) is -4.57. The Morgan fingerprint density at radius 3 is 1.93 bits per heavy atom. The number of aliphatic hydroxyl groups excluding tert-OH is 2. The summed E-state index contributed by atoms with van der Waals surface area (Å²) in [7, 11) is 3.68. The van der Waals surface area contributed by atoms with Crippen LogP contribution in [0.5, 0.6) is 23.0 Å². The molecule has 7 atom stereocenters. The molecule has 0 heterocycles. The number of benzene rings is 2. The summed E-state index contributed by atoms with van der Waals surface area (Å²) in [6.45, 7) is 3.52. The summed E-state index contributed by atoms with van der Waals surface area (Å²) in [4.78, 5) is 28.9. The molecule has 0 spiro atoms. The van der Waals surface area contributed by atoms with Gasteiger partial charge in [0.05, 0.1) is 46.2 Å². The van der Waals surface area contributed by atoms with Gasteiger partial charge in [-0.25, -0.2) is 0 Å². The van der Waals surface area contributed by atoms with Gasteiger partial charge in [-0.2, -0.15) is 0 Å². The standard InChI is InChI=1S/C29H35NO10/c1-5-29(39)10-16(40-12-8-11(2)23(33)13(9-12)30(3)4)19-22(28(29)38)27(37)21-20(26(19)36)24(34)17-14(31)6-7-15(32)18(17)25(21)35/h6-7,11-13,16,23,28,31-33,36-39H,5,8-10H2,1-4H3/t11?,12?,13?,16-,23?,28+,29+/m0/s1. The van der Waals surface area contributed by atoms with Crippen molar-refractivity contribution in [1.82, 2.24) is 4.90 Å². The van der Waals surface area contributed by atoms with Crippen LogP contribution < -0.4 is 0 Å². The van der Waals surface area contributed by atoms with Crippen LogP contribution in [0.4, 0.5) is 0 Å². The molecule has 3 aliphatic carbocycles. The predicted octanol–water partition coefficient (Wildman–Crippen LogP) is 2.01. The van der Waals surface area contributed by atoms with Crippen LogP contribution in [0.1, 0.15) is 94.7 Å². The zero-order valence-electron chi connectivity index (χ0n) is 22.7. The second-order valence-electron chi connectivity index (χ2n) is 11.6. The number of hydrogen-bond acceptors (Lipinski definition) is 11. The number of phenolic OH excluding ortho intramolecular Hbond substituents is 4. The van der Waals surface area contributed by atoms with Gasteiger partial charge in [0.2, 0.25) is 11.6 Å². The van der Waals surface area contributed by atoms with E-state index in [0.29, 0.717) is 12.8 Å². The molecule has 2 aromatic rings. The molecule has 11 heteroatoms. The number of fused-ring (bicyclic) bond motifs is 3. The molecule has 0 aliphatic heterocycles. The van der Waals surface area contributed by atoms with Crippen molar-refractivity contribution in [2.24, 2.45) is 5.92 Å². The maximum absolute atomic E-state index is 13.6. The number of aromatic hydroxyl groups is 4. The lowest BCUT2D eigenvalue weighted by Crippen LogP contribution is -2.50. The third kappa shape index (κ3) is 3.99. The third-order valence-corrected chi connectivity index (χ3v) is 8.99. The van der Waals surface area contributed by atoms with Gasteiger partial charge < -0.3 is 45.4 Å². The van der Waals surface area contributed by atoms with Gasteiger partial charge in [-0.1, -0.05) is 13.8 Å². The highest BCUT2D eigenvalue weighted by Crippen LogP contribution is 2.56. The number of phenols is 4. The van der Waals surface area contributed by atoms with Crippen LogP contribution in [0, 0.1) is 5.92 Å². The van der Waals surface area contributed by atoms with E-state index in [1.165, 1.54) is 0 Å². The Kier molecular flexibility index (Phi) is 6.87. The summed E-state index contributed by atoms with van der Waals surface area (Å²) < 4.78 is 6.44. The van der Waals surface area contributed by atoms with Gasteiger partial charge >= 0.3 is 0 Å². The fraction of sp³-hybridized carbons (Fsp3) is 0.517. The summed E-state index contributed by atoms with van der Waals surface area (Å²) >= 11 is 0. The predicted molar refractivity (Wildman–Crippen MR) is 141 cm³/mol. The Morgan fingerprint density at radius 2 is 1.43 bits per heavy atom. The van der Waals surface area contributed by atoms with E-state index in [-0.39, 0.29) is 35.9 Å². The first-order valence-corrected chi connectivity index (χ1v) is 13.4. The lowest BCUT2D eigenvalue weighted by Gasteiger charge is -2.46. The van der Waals surface area contributed by atoms with E-state index in [9.17, 15) is 45.3 Å². The van der Waals surface area contributed by atoms with Crippen LogP contribution in [-0.4, -0.2) is 90.2 Å². The lowest BCUT2D eigenvalue weighted by molar-refractivity contribution is -0.154. The van der Waals surface area contributed by atoms with Crippen molar-refractivity contribution in [1.29, 1.82) is 0 Å². The second-order valence-corrected chi connectivity index (χ2v) is 11.6. The molecule has 5 rings (SSSR count). The molecule has 0 aromatic heterocycles. The molecule has 1 saturated carbocycles. The Morgan fingerprint density at radius 1 is 0.900 bits per heavy atom. The number of carbonyl (C=O) groups excluding carboxylic acids is 2. The number of hydrogen-bond donors (Lipinski definition) is 7. The maximum Gasteiger partial charge on any atom is 0.202 e. The quantitative estimate of drug-likeness (QED) is 0.232. The summed E-state index contributed by atoms with van der Waals surface area (Å²) in [5.74, 6) is -4.91. The molecule has 7 N–H and O–H groups in total.